The van der Waals surface area contributed by atoms with Gasteiger partial charge >= 0.3 is 5.97 Å². The lowest BCUT2D eigenvalue weighted by Gasteiger charge is -2.29. The molecule has 0 aliphatic rings. The Hall–Kier alpha value is -0.870. The van der Waals surface area contributed by atoms with Crippen LogP contribution in [0.2, 0.25) is 0 Å². The van der Waals surface area contributed by atoms with E-state index in [1.807, 2.05) is 13.0 Å². The van der Waals surface area contributed by atoms with E-state index < -0.39 is 0 Å². The van der Waals surface area contributed by atoms with Crippen molar-refractivity contribution in [1.82, 2.24) is 4.90 Å². The lowest BCUT2D eigenvalue weighted by molar-refractivity contribution is -0.136. The average molecular weight is 271 g/mol. The summed E-state index contributed by atoms with van der Waals surface area (Å²) >= 11 is 0. The van der Waals surface area contributed by atoms with Crippen LogP contribution in [0, 0.1) is 0 Å². The molecule has 0 radical (unpaired) electrons. The van der Waals surface area contributed by atoms with Crippen molar-refractivity contribution in [2.75, 3.05) is 33.9 Å². The quantitative estimate of drug-likeness (QED) is 0.452. The minimum Gasteiger partial charge on any atom is -0.466 e. The monoisotopic (exact) mass is 271 g/mol. The molecule has 0 fully saturated rings. The molecule has 0 amide bonds. The molecule has 0 spiro atoms. The Labute approximate surface area is 117 Å². The Kier molecular flexibility index (Phi) is 10.5. The molecule has 0 aliphatic heterocycles. The van der Waals surface area contributed by atoms with Crippen LogP contribution in [0.3, 0.4) is 0 Å². The number of hydrogen-bond acceptors (Lipinski definition) is 4. The van der Waals surface area contributed by atoms with Gasteiger partial charge in [0.05, 0.1) is 13.7 Å². The minimum atomic E-state index is -0.223. The Morgan fingerprint density at radius 3 is 2.26 bits per heavy atom. The first-order valence-electron chi connectivity index (χ1n) is 7.14. The summed E-state index contributed by atoms with van der Waals surface area (Å²) in [5, 5.41) is 0. The largest absolute Gasteiger partial charge is 0.466 e. The number of nitrogens with zero attached hydrogens (tertiary/aromatic N) is 1. The van der Waals surface area contributed by atoms with E-state index in [-0.39, 0.29) is 5.97 Å². The first-order chi connectivity index (χ1) is 9.14. The van der Waals surface area contributed by atoms with Gasteiger partial charge in [0.1, 0.15) is 0 Å². The standard InChI is InChI=1S/C15H29NO3/c1-6-13(15(17)19-5)9-10-16(11-12-18-4)14(7-2)8-3/h9,14H,6-8,10-12H2,1-5H3. The second-order valence-corrected chi connectivity index (χ2v) is 4.53. The molecule has 0 aromatic carbocycles. The number of ether oxygens (including phenoxy) is 2. The van der Waals surface area contributed by atoms with Crippen molar-refractivity contribution in [2.45, 2.75) is 46.1 Å². The lowest BCUT2D eigenvalue weighted by Crippen LogP contribution is -2.37. The molecule has 0 saturated heterocycles. The van der Waals surface area contributed by atoms with Gasteiger partial charge in [-0.05, 0) is 19.3 Å². The molecule has 112 valence electrons. The summed E-state index contributed by atoms with van der Waals surface area (Å²) in [7, 11) is 3.14. The van der Waals surface area contributed by atoms with Gasteiger partial charge in [0, 0.05) is 31.8 Å². The molecule has 0 aliphatic carbocycles. The molecular formula is C15H29NO3. The van der Waals surface area contributed by atoms with Crippen LogP contribution in [0.4, 0.5) is 0 Å². The zero-order chi connectivity index (χ0) is 14.7. The Morgan fingerprint density at radius 1 is 1.21 bits per heavy atom. The fraction of sp³-hybridized carbons (Fsp3) is 0.800. The van der Waals surface area contributed by atoms with Crippen LogP contribution >= 0.6 is 0 Å². The number of carbonyl (C=O) groups is 1. The van der Waals surface area contributed by atoms with Gasteiger partial charge in [-0.1, -0.05) is 26.8 Å². The molecule has 0 aromatic rings. The topological polar surface area (TPSA) is 38.8 Å². The van der Waals surface area contributed by atoms with Crippen LogP contribution in [-0.4, -0.2) is 50.8 Å². The molecule has 4 heteroatoms. The second kappa shape index (κ2) is 11.0. The van der Waals surface area contributed by atoms with Crippen molar-refractivity contribution in [3.05, 3.63) is 11.6 Å². The maximum atomic E-state index is 11.5. The summed E-state index contributed by atoms with van der Waals surface area (Å²) in [4.78, 5) is 13.9. The van der Waals surface area contributed by atoms with E-state index in [0.29, 0.717) is 19.1 Å². The number of hydrogen-bond donors (Lipinski definition) is 0. The van der Waals surface area contributed by atoms with Gasteiger partial charge in [-0.25, -0.2) is 4.79 Å². The highest BCUT2D eigenvalue weighted by Crippen LogP contribution is 2.10. The average Bonchev–Trinajstić information content (AvgIpc) is 2.45. The number of esters is 1. The molecule has 0 heterocycles. The van der Waals surface area contributed by atoms with Gasteiger partial charge in [-0.2, -0.15) is 0 Å². The molecule has 0 saturated carbocycles. The molecule has 0 aromatic heterocycles. The van der Waals surface area contributed by atoms with Crippen molar-refractivity contribution in [3.8, 4) is 0 Å². The maximum absolute atomic E-state index is 11.5. The summed E-state index contributed by atoms with van der Waals surface area (Å²) in [6.45, 7) is 8.73. The Balaban J connectivity index is 4.69. The van der Waals surface area contributed by atoms with E-state index in [1.54, 1.807) is 7.11 Å². The van der Waals surface area contributed by atoms with Crippen molar-refractivity contribution in [3.63, 3.8) is 0 Å². The highest BCUT2D eigenvalue weighted by Gasteiger charge is 2.15. The van der Waals surface area contributed by atoms with Crippen LogP contribution in [0.15, 0.2) is 11.6 Å². The van der Waals surface area contributed by atoms with Crippen molar-refractivity contribution < 1.29 is 14.3 Å². The van der Waals surface area contributed by atoms with E-state index in [2.05, 4.69) is 18.7 Å². The summed E-state index contributed by atoms with van der Waals surface area (Å²) < 4.78 is 9.94. The van der Waals surface area contributed by atoms with Gasteiger partial charge in [0.15, 0.2) is 0 Å². The molecule has 0 rings (SSSR count). The summed E-state index contributed by atoms with van der Waals surface area (Å²) in [6, 6.07) is 0.530. The van der Waals surface area contributed by atoms with Crippen molar-refractivity contribution in [2.24, 2.45) is 0 Å². The van der Waals surface area contributed by atoms with Crippen LogP contribution in [0.5, 0.6) is 0 Å². The zero-order valence-corrected chi connectivity index (χ0v) is 13.1. The summed E-state index contributed by atoms with van der Waals surface area (Å²) in [5.74, 6) is -0.223. The van der Waals surface area contributed by atoms with Crippen LogP contribution in [0.25, 0.3) is 0 Å². The zero-order valence-electron chi connectivity index (χ0n) is 13.1. The normalized spacial score (nSPS) is 12.3. The third kappa shape index (κ3) is 6.73. The molecule has 0 bridgehead atoms. The summed E-state index contributed by atoms with van der Waals surface area (Å²) in [6.07, 6.45) is 4.90. The molecule has 19 heavy (non-hydrogen) atoms. The highest BCUT2D eigenvalue weighted by atomic mass is 16.5. The van der Waals surface area contributed by atoms with Crippen LogP contribution in [0.1, 0.15) is 40.0 Å². The predicted octanol–water partition coefficient (Wildman–Crippen LogP) is 2.63. The van der Waals surface area contributed by atoms with Gasteiger partial charge in [-0.3, -0.25) is 4.90 Å². The molecule has 4 nitrogen and oxygen atoms in total. The van der Waals surface area contributed by atoms with Gasteiger partial charge in [0.25, 0.3) is 0 Å². The first kappa shape index (κ1) is 18.1. The van der Waals surface area contributed by atoms with Crippen molar-refractivity contribution in [1.29, 1.82) is 0 Å². The molecule has 0 unspecified atom stereocenters. The van der Waals surface area contributed by atoms with E-state index in [4.69, 9.17) is 9.47 Å². The fourth-order valence-electron chi connectivity index (χ4n) is 2.17. The van der Waals surface area contributed by atoms with Gasteiger partial charge in [-0.15, -0.1) is 0 Å². The van der Waals surface area contributed by atoms with E-state index in [9.17, 15) is 4.79 Å². The first-order valence-corrected chi connectivity index (χ1v) is 7.14. The van der Waals surface area contributed by atoms with E-state index in [0.717, 1.165) is 31.5 Å². The van der Waals surface area contributed by atoms with Gasteiger partial charge < -0.3 is 9.47 Å². The molecule has 0 atom stereocenters. The van der Waals surface area contributed by atoms with Crippen molar-refractivity contribution >= 4 is 5.97 Å². The van der Waals surface area contributed by atoms with Crippen LogP contribution < -0.4 is 0 Å². The lowest BCUT2D eigenvalue weighted by atomic mass is 10.1. The maximum Gasteiger partial charge on any atom is 0.333 e. The number of methoxy groups -OCH3 is 2. The molecular weight excluding hydrogens is 242 g/mol. The smallest absolute Gasteiger partial charge is 0.333 e. The van der Waals surface area contributed by atoms with Crippen LogP contribution in [-0.2, 0) is 14.3 Å². The van der Waals surface area contributed by atoms with Gasteiger partial charge in [0.2, 0.25) is 0 Å². The number of rotatable bonds is 10. The Bertz CT molecular complexity index is 273. The number of carbonyl (C=O) groups excluding carboxylic acids is 1. The van der Waals surface area contributed by atoms with E-state index >= 15 is 0 Å². The Morgan fingerprint density at radius 2 is 1.84 bits per heavy atom. The minimum absolute atomic E-state index is 0.223. The predicted molar refractivity (Wildman–Crippen MR) is 78.2 cm³/mol. The SMILES string of the molecule is CCC(=CCN(CCOC)C(CC)CC)C(=O)OC. The molecule has 0 N–H and O–H groups in total. The highest BCUT2D eigenvalue weighted by molar-refractivity contribution is 5.88. The van der Waals surface area contributed by atoms with E-state index in [1.165, 1.54) is 7.11 Å². The fourth-order valence-corrected chi connectivity index (χ4v) is 2.17. The second-order valence-electron chi connectivity index (χ2n) is 4.53. The third-order valence-electron chi connectivity index (χ3n) is 3.44. The third-order valence-corrected chi connectivity index (χ3v) is 3.44. The summed E-state index contributed by atoms with van der Waals surface area (Å²) in [5.41, 5.74) is 0.746.